The lowest BCUT2D eigenvalue weighted by atomic mass is 10.1. The van der Waals surface area contributed by atoms with Gasteiger partial charge >= 0.3 is 0 Å². The molecular formula is C9H17NO. The molecule has 0 unspecified atom stereocenters. The Morgan fingerprint density at radius 1 is 0.909 bits per heavy atom. The summed E-state index contributed by atoms with van der Waals surface area (Å²) in [7, 11) is 0. The molecule has 2 heteroatoms. The summed E-state index contributed by atoms with van der Waals surface area (Å²) in [5.41, 5.74) is 0. The van der Waals surface area contributed by atoms with Gasteiger partial charge in [0, 0.05) is 12.8 Å². The molecule has 11 heavy (non-hydrogen) atoms. The number of hydrogen-bond donors (Lipinski definition) is 0. The monoisotopic (exact) mass is 155 g/mol. The highest BCUT2D eigenvalue weighted by molar-refractivity contribution is 5.50. The van der Waals surface area contributed by atoms with Gasteiger partial charge in [0.25, 0.3) is 0 Å². The van der Waals surface area contributed by atoms with E-state index < -0.39 is 0 Å². The molecule has 0 aromatic rings. The molecule has 1 aliphatic heterocycles. The standard InChI is InChI=1S/C9H17NO/c11-10-8-6-4-2-1-3-5-7-9-10/h8H,1-7,9H2/b10-8+. The summed E-state index contributed by atoms with van der Waals surface area (Å²) < 4.78 is 1.10. The first kappa shape index (κ1) is 8.57. The molecule has 2 nitrogen and oxygen atoms in total. The van der Waals surface area contributed by atoms with Crippen LogP contribution in [0.1, 0.15) is 44.9 Å². The van der Waals surface area contributed by atoms with Crippen LogP contribution in [0.4, 0.5) is 0 Å². The van der Waals surface area contributed by atoms with E-state index in [4.69, 9.17) is 0 Å². The van der Waals surface area contributed by atoms with Gasteiger partial charge in [0.05, 0.1) is 0 Å². The minimum atomic E-state index is 0.708. The molecule has 64 valence electrons. The second-order valence-electron chi connectivity index (χ2n) is 3.23. The molecule has 0 saturated carbocycles. The van der Waals surface area contributed by atoms with Crippen molar-refractivity contribution < 1.29 is 4.74 Å². The van der Waals surface area contributed by atoms with Gasteiger partial charge in [0.1, 0.15) is 0 Å². The highest BCUT2D eigenvalue weighted by Crippen LogP contribution is 2.07. The molecule has 0 aromatic heterocycles. The topological polar surface area (TPSA) is 26.1 Å². The molecule has 0 aliphatic carbocycles. The van der Waals surface area contributed by atoms with Crippen LogP contribution in [0.15, 0.2) is 0 Å². The Balaban J connectivity index is 2.27. The van der Waals surface area contributed by atoms with Crippen LogP contribution < -0.4 is 0 Å². The second-order valence-corrected chi connectivity index (χ2v) is 3.23. The summed E-state index contributed by atoms with van der Waals surface area (Å²) in [5, 5.41) is 11.0. The van der Waals surface area contributed by atoms with Gasteiger partial charge < -0.3 is 5.21 Å². The van der Waals surface area contributed by atoms with E-state index in [9.17, 15) is 5.21 Å². The van der Waals surface area contributed by atoms with Crippen molar-refractivity contribution in [1.82, 2.24) is 0 Å². The highest BCUT2D eigenvalue weighted by Gasteiger charge is 1.98. The molecule has 0 fully saturated rings. The fourth-order valence-electron chi connectivity index (χ4n) is 1.45. The maximum absolute atomic E-state index is 11.0. The van der Waals surface area contributed by atoms with Crippen LogP contribution in [0.3, 0.4) is 0 Å². The predicted molar refractivity (Wildman–Crippen MR) is 46.9 cm³/mol. The largest absolute Gasteiger partial charge is 0.624 e. The van der Waals surface area contributed by atoms with E-state index in [1.807, 2.05) is 0 Å². The second kappa shape index (κ2) is 5.16. The van der Waals surface area contributed by atoms with E-state index in [0.29, 0.717) is 6.54 Å². The summed E-state index contributed by atoms with van der Waals surface area (Å²) >= 11 is 0. The Bertz CT molecular complexity index is 132. The van der Waals surface area contributed by atoms with Gasteiger partial charge in [-0.2, -0.15) is 0 Å². The molecule has 0 N–H and O–H groups in total. The lowest BCUT2D eigenvalue weighted by Crippen LogP contribution is -2.07. The Hall–Kier alpha value is -0.530. The van der Waals surface area contributed by atoms with E-state index >= 15 is 0 Å². The van der Waals surface area contributed by atoms with Crippen molar-refractivity contribution >= 4 is 6.21 Å². The zero-order valence-electron chi connectivity index (χ0n) is 7.09. The first-order valence-electron chi connectivity index (χ1n) is 4.67. The summed E-state index contributed by atoms with van der Waals surface area (Å²) in [4.78, 5) is 0. The third-order valence-corrected chi connectivity index (χ3v) is 2.17. The molecule has 0 bridgehead atoms. The molecule has 0 saturated heterocycles. The zero-order chi connectivity index (χ0) is 7.94. The minimum Gasteiger partial charge on any atom is -0.624 e. The molecular weight excluding hydrogens is 138 g/mol. The van der Waals surface area contributed by atoms with Crippen LogP contribution in [0.25, 0.3) is 0 Å². The third-order valence-electron chi connectivity index (χ3n) is 2.17. The maximum Gasteiger partial charge on any atom is 0.153 e. The molecule has 0 amide bonds. The van der Waals surface area contributed by atoms with Crippen molar-refractivity contribution in [2.24, 2.45) is 0 Å². The van der Waals surface area contributed by atoms with E-state index in [2.05, 4.69) is 0 Å². The molecule has 0 spiro atoms. The zero-order valence-corrected chi connectivity index (χ0v) is 7.09. The Kier molecular flexibility index (Phi) is 4.02. The maximum atomic E-state index is 11.0. The number of nitrogens with zero attached hydrogens (tertiary/aromatic N) is 1. The molecule has 0 aromatic carbocycles. The Morgan fingerprint density at radius 3 is 2.36 bits per heavy atom. The molecule has 0 atom stereocenters. The first-order chi connectivity index (χ1) is 5.39. The Morgan fingerprint density at radius 2 is 1.55 bits per heavy atom. The van der Waals surface area contributed by atoms with Crippen molar-refractivity contribution in [1.29, 1.82) is 0 Å². The predicted octanol–water partition coefficient (Wildman–Crippen LogP) is 2.31. The van der Waals surface area contributed by atoms with Gasteiger partial charge in [-0.1, -0.05) is 19.3 Å². The first-order valence-corrected chi connectivity index (χ1v) is 4.67. The van der Waals surface area contributed by atoms with Crippen LogP contribution in [0, 0.1) is 5.21 Å². The van der Waals surface area contributed by atoms with Crippen LogP contribution in [0.5, 0.6) is 0 Å². The molecule has 0 radical (unpaired) electrons. The van der Waals surface area contributed by atoms with E-state index in [0.717, 1.165) is 17.6 Å². The SMILES string of the molecule is [O-]/[N+]1=C/CCCCCCCC1. The van der Waals surface area contributed by atoms with Crippen molar-refractivity contribution in [3.05, 3.63) is 5.21 Å². The van der Waals surface area contributed by atoms with Gasteiger partial charge in [-0.3, -0.25) is 0 Å². The summed E-state index contributed by atoms with van der Waals surface area (Å²) in [6.45, 7) is 0.708. The molecule has 1 aliphatic rings. The smallest absolute Gasteiger partial charge is 0.153 e. The van der Waals surface area contributed by atoms with Gasteiger partial charge in [-0.05, 0) is 12.8 Å². The van der Waals surface area contributed by atoms with Crippen molar-refractivity contribution in [2.45, 2.75) is 44.9 Å². The fraction of sp³-hybridized carbons (Fsp3) is 0.889. The third kappa shape index (κ3) is 4.02. The lowest BCUT2D eigenvalue weighted by molar-refractivity contribution is -0.454. The summed E-state index contributed by atoms with van der Waals surface area (Å²) in [6, 6.07) is 0. The van der Waals surface area contributed by atoms with E-state index in [1.54, 1.807) is 6.21 Å². The Labute approximate surface area is 68.5 Å². The van der Waals surface area contributed by atoms with Crippen molar-refractivity contribution in [2.75, 3.05) is 6.54 Å². The van der Waals surface area contributed by atoms with Crippen LogP contribution in [0.2, 0.25) is 0 Å². The number of hydroxylamine groups is 1. The van der Waals surface area contributed by atoms with Crippen LogP contribution >= 0.6 is 0 Å². The van der Waals surface area contributed by atoms with E-state index in [1.165, 1.54) is 32.1 Å². The molecule has 1 rings (SSSR count). The van der Waals surface area contributed by atoms with Crippen molar-refractivity contribution in [3.8, 4) is 0 Å². The normalized spacial score (nSPS) is 27.1. The summed E-state index contributed by atoms with van der Waals surface area (Å²) in [5.74, 6) is 0. The average Bonchev–Trinajstić information content (AvgIpc) is 2.03. The van der Waals surface area contributed by atoms with Crippen LogP contribution in [-0.2, 0) is 0 Å². The van der Waals surface area contributed by atoms with Gasteiger partial charge in [-0.15, -0.1) is 0 Å². The van der Waals surface area contributed by atoms with E-state index in [-0.39, 0.29) is 0 Å². The van der Waals surface area contributed by atoms with Crippen LogP contribution in [-0.4, -0.2) is 17.5 Å². The highest BCUT2D eigenvalue weighted by atomic mass is 16.5. The number of rotatable bonds is 0. The lowest BCUT2D eigenvalue weighted by Gasteiger charge is -2.06. The van der Waals surface area contributed by atoms with Gasteiger partial charge in [0.2, 0.25) is 0 Å². The fourth-order valence-corrected chi connectivity index (χ4v) is 1.45. The minimum absolute atomic E-state index is 0.708. The molecule has 1 heterocycles. The summed E-state index contributed by atoms with van der Waals surface area (Å²) in [6.07, 6.45) is 10.2. The quantitative estimate of drug-likeness (QED) is 0.389. The number of hydrogen-bond acceptors (Lipinski definition) is 1. The van der Waals surface area contributed by atoms with Crippen molar-refractivity contribution in [3.63, 3.8) is 0 Å². The van der Waals surface area contributed by atoms with Gasteiger partial charge in [-0.25, -0.2) is 4.74 Å². The average molecular weight is 155 g/mol. The van der Waals surface area contributed by atoms with Gasteiger partial charge in [0.15, 0.2) is 12.8 Å².